The Kier molecular flexibility index (Phi) is 6.38. The van der Waals surface area contributed by atoms with Crippen molar-refractivity contribution in [2.75, 3.05) is 17.7 Å². The fourth-order valence-corrected chi connectivity index (χ4v) is 3.11. The number of hydrogen-bond acceptors (Lipinski definition) is 9. The average molecular weight is 429 g/mol. The number of anilines is 2. The molecular formula is C21H24FN5O4. The number of fused-ring (bicyclic) bond motifs is 1. The maximum Gasteiger partial charge on any atom is 0.342 e. The smallest absolute Gasteiger partial charge is 0.342 e. The summed E-state index contributed by atoms with van der Waals surface area (Å²) < 4.78 is 19.0. The Morgan fingerprint density at radius 3 is 2.81 bits per heavy atom. The first-order valence-corrected chi connectivity index (χ1v) is 9.77. The maximum atomic E-state index is 13.6. The summed E-state index contributed by atoms with van der Waals surface area (Å²) in [5, 5.41) is 22.7. The summed E-state index contributed by atoms with van der Waals surface area (Å²) >= 11 is 0. The summed E-state index contributed by atoms with van der Waals surface area (Å²) in [5.41, 5.74) is 5.42. The van der Waals surface area contributed by atoms with Crippen molar-refractivity contribution in [3.05, 3.63) is 41.8 Å². The Morgan fingerprint density at radius 1 is 1.29 bits per heavy atom. The van der Waals surface area contributed by atoms with Gasteiger partial charge in [-0.15, -0.1) is 0 Å². The molecule has 3 rings (SSSR count). The molecule has 164 valence electrons. The number of esters is 1. The predicted octanol–water partition coefficient (Wildman–Crippen LogP) is 3.38. The second-order valence-electron chi connectivity index (χ2n) is 7.52. The molecule has 5 N–H and O–H groups in total. The highest BCUT2D eigenvalue weighted by molar-refractivity contribution is 5.93. The minimum atomic E-state index is -0.787. The maximum absolute atomic E-state index is 13.6. The molecule has 31 heavy (non-hydrogen) atoms. The third-order valence-corrected chi connectivity index (χ3v) is 4.74. The van der Waals surface area contributed by atoms with E-state index < -0.39 is 17.3 Å². The van der Waals surface area contributed by atoms with Crippen molar-refractivity contribution in [1.82, 2.24) is 15.0 Å². The lowest BCUT2D eigenvalue weighted by molar-refractivity contribution is 0.0424. The number of halogens is 1. The molecule has 0 saturated carbocycles. The minimum absolute atomic E-state index is 0.0538. The number of hydrogen-bond donors (Lipinski definition) is 4. The van der Waals surface area contributed by atoms with Crippen LogP contribution in [0.25, 0.3) is 11.0 Å². The molecule has 1 atom stereocenters. The highest BCUT2D eigenvalue weighted by Gasteiger charge is 2.28. The molecule has 2 aromatic heterocycles. The summed E-state index contributed by atoms with van der Waals surface area (Å²) in [4.78, 5) is 24.7. The number of nitrogens with one attached hydrogen (secondary N) is 1. The Morgan fingerprint density at radius 2 is 2.06 bits per heavy atom. The summed E-state index contributed by atoms with van der Waals surface area (Å²) in [6, 6.07) is 4.81. The molecular weight excluding hydrogens is 405 g/mol. The molecule has 2 heterocycles. The van der Waals surface area contributed by atoms with Crippen LogP contribution in [0.15, 0.2) is 30.5 Å². The van der Waals surface area contributed by atoms with Gasteiger partial charge in [-0.25, -0.2) is 19.2 Å². The number of nitrogens with two attached hydrogens (primary N) is 1. The molecule has 0 aliphatic carbocycles. The van der Waals surface area contributed by atoms with Gasteiger partial charge in [0.1, 0.15) is 35.0 Å². The second kappa shape index (κ2) is 8.99. The van der Waals surface area contributed by atoms with E-state index in [2.05, 4.69) is 20.3 Å². The molecule has 0 bridgehead atoms. The third kappa shape index (κ3) is 5.27. The van der Waals surface area contributed by atoms with Crippen LogP contribution in [-0.4, -0.2) is 43.3 Å². The van der Waals surface area contributed by atoms with Crippen LogP contribution < -0.4 is 11.1 Å². The van der Waals surface area contributed by atoms with Crippen molar-refractivity contribution in [3.8, 4) is 11.5 Å². The van der Waals surface area contributed by atoms with Crippen LogP contribution in [0.2, 0.25) is 0 Å². The van der Waals surface area contributed by atoms with Gasteiger partial charge in [0.05, 0.1) is 17.3 Å². The van der Waals surface area contributed by atoms with Gasteiger partial charge in [-0.05, 0) is 31.5 Å². The lowest BCUT2D eigenvalue weighted by atomic mass is 9.95. The molecule has 0 unspecified atom stereocenters. The molecule has 0 aliphatic heterocycles. The number of rotatable bonds is 8. The quantitative estimate of drug-likeness (QED) is 0.313. The average Bonchev–Trinajstić information content (AvgIpc) is 2.72. The highest BCUT2D eigenvalue weighted by Crippen LogP contribution is 2.27. The van der Waals surface area contributed by atoms with Gasteiger partial charge in [0.25, 0.3) is 0 Å². The summed E-state index contributed by atoms with van der Waals surface area (Å²) in [7, 11) is 0. The van der Waals surface area contributed by atoms with Gasteiger partial charge in [0.15, 0.2) is 5.82 Å². The molecule has 0 spiro atoms. The fourth-order valence-electron chi connectivity index (χ4n) is 3.11. The number of carbonyl (C=O) groups is 1. The number of phenols is 2. The number of aromatic hydroxyl groups is 2. The molecule has 0 fully saturated rings. The van der Waals surface area contributed by atoms with Crippen LogP contribution in [0.1, 0.15) is 43.5 Å². The number of unbranched alkanes of at least 4 members (excludes halogenated alkanes) is 1. The minimum Gasteiger partial charge on any atom is -0.508 e. The van der Waals surface area contributed by atoms with E-state index in [1.807, 2.05) is 13.8 Å². The van der Waals surface area contributed by atoms with Crippen LogP contribution in [0.5, 0.6) is 11.5 Å². The molecule has 1 aromatic carbocycles. The van der Waals surface area contributed by atoms with Gasteiger partial charge < -0.3 is 26.0 Å². The third-order valence-electron chi connectivity index (χ3n) is 4.74. The van der Waals surface area contributed by atoms with E-state index in [0.29, 0.717) is 11.9 Å². The van der Waals surface area contributed by atoms with E-state index in [1.54, 1.807) is 0 Å². The highest BCUT2D eigenvalue weighted by atomic mass is 19.1. The number of benzene rings is 1. The van der Waals surface area contributed by atoms with Crippen LogP contribution in [0, 0.1) is 5.82 Å². The second-order valence-corrected chi connectivity index (χ2v) is 7.52. The SMILES string of the molecule is CCCC[C@](C)(COC(=O)c1cc(O)ccc1O)Nc1nc(N)nc2cc(F)cnc12. The van der Waals surface area contributed by atoms with Crippen molar-refractivity contribution in [2.24, 2.45) is 0 Å². The Bertz CT molecular complexity index is 1110. The van der Waals surface area contributed by atoms with Crippen molar-refractivity contribution < 1.29 is 24.1 Å². The number of ether oxygens (including phenoxy) is 1. The standard InChI is InChI=1S/C21H24FN5O4/c1-3-4-7-21(2,11-31-19(30)14-9-13(28)5-6-16(14)29)27-18-17-15(25-20(23)26-18)8-12(22)10-24-17/h5-6,8-10,28-29H,3-4,7,11H2,1-2H3,(H3,23,25,26,27)/t21-/m1/s1. The normalized spacial score (nSPS) is 13.0. The first-order valence-electron chi connectivity index (χ1n) is 9.77. The van der Waals surface area contributed by atoms with E-state index in [1.165, 1.54) is 18.2 Å². The lowest BCUT2D eigenvalue weighted by Crippen LogP contribution is -2.41. The number of phenolic OH excluding ortho intramolecular Hbond substituents is 2. The zero-order valence-corrected chi connectivity index (χ0v) is 17.2. The molecule has 0 saturated heterocycles. The Balaban J connectivity index is 1.86. The van der Waals surface area contributed by atoms with Crippen LogP contribution in [0.3, 0.4) is 0 Å². The molecule has 9 nitrogen and oxygen atoms in total. The summed E-state index contributed by atoms with van der Waals surface area (Å²) in [6.45, 7) is 3.79. The number of nitrogens with zero attached hydrogens (tertiary/aromatic N) is 3. The largest absolute Gasteiger partial charge is 0.508 e. The van der Waals surface area contributed by atoms with Gasteiger partial charge >= 0.3 is 5.97 Å². The van der Waals surface area contributed by atoms with Crippen molar-refractivity contribution in [3.63, 3.8) is 0 Å². The van der Waals surface area contributed by atoms with Crippen molar-refractivity contribution in [2.45, 2.75) is 38.6 Å². The molecule has 10 heteroatoms. The van der Waals surface area contributed by atoms with Gasteiger partial charge in [0, 0.05) is 6.07 Å². The lowest BCUT2D eigenvalue weighted by Gasteiger charge is -2.31. The molecule has 0 amide bonds. The van der Waals surface area contributed by atoms with E-state index >= 15 is 0 Å². The van der Waals surface area contributed by atoms with Crippen LogP contribution in [-0.2, 0) is 4.74 Å². The predicted molar refractivity (Wildman–Crippen MR) is 113 cm³/mol. The molecule has 3 aromatic rings. The van der Waals surface area contributed by atoms with Gasteiger partial charge in [-0.1, -0.05) is 19.8 Å². The van der Waals surface area contributed by atoms with E-state index in [9.17, 15) is 19.4 Å². The van der Waals surface area contributed by atoms with Gasteiger partial charge in [-0.3, -0.25) is 0 Å². The van der Waals surface area contributed by atoms with Crippen LogP contribution in [0.4, 0.5) is 16.2 Å². The number of nitrogen functional groups attached to an aromatic ring is 1. The van der Waals surface area contributed by atoms with E-state index in [0.717, 1.165) is 25.1 Å². The summed E-state index contributed by atoms with van der Waals surface area (Å²) in [5.74, 6) is -1.57. The first-order chi connectivity index (χ1) is 14.7. The number of carbonyl (C=O) groups excluding carboxylic acids is 1. The van der Waals surface area contributed by atoms with Gasteiger partial charge in [-0.2, -0.15) is 4.98 Å². The fraction of sp³-hybridized carbons (Fsp3) is 0.333. The first kappa shape index (κ1) is 22.0. The van der Waals surface area contributed by atoms with E-state index in [-0.39, 0.29) is 41.0 Å². The molecule has 0 radical (unpaired) electrons. The zero-order chi connectivity index (χ0) is 22.6. The number of pyridine rings is 1. The van der Waals surface area contributed by atoms with Gasteiger partial charge in [0.2, 0.25) is 5.95 Å². The van der Waals surface area contributed by atoms with Crippen LogP contribution >= 0.6 is 0 Å². The Labute approximate surface area is 178 Å². The number of aromatic nitrogens is 3. The zero-order valence-electron chi connectivity index (χ0n) is 17.2. The van der Waals surface area contributed by atoms with Crippen molar-refractivity contribution in [1.29, 1.82) is 0 Å². The van der Waals surface area contributed by atoms with Crippen molar-refractivity contribution >= 4 is 28.8 Å². The van der Waals surface area contributed by atoms with E-state index in [4.69, 9.17) is 10.5 Å². The molecule has 0 aliphatic rings. The Hall–Kier alpha value is -3.69. The summed E-state index contributed by atoms with van der Waals surface area (Å²) in [6.07, 6.45) is 3.38. The topological polar surface area (TPSA) is 143 Å². The monoisotopic (exact) mass is 429 g/mol.